The number of hydrogen-bond acceptors (Lipinski definition) is 3. The third kappa shape index (κ3) is 3.36. The summed E-state index contributed by atoms with van der Waals surface area (Å²) in [5.41, 5.74) is 2.58. The van der Waals surface area contributed by atoms with E-state index in [-0.39, 0.29) is 11.8 Å². The van der Waals surface area contributed by atoms with Crippen LogP contribution in [0.25, 0.3) is 0 Å². The van der Waals surface area contributed by atoms with Crippen LogP contribution in [-0.4, -0.2) is 43.0 Å². The van der Waals surface area contributed by atoms with Gasteiger partial charge in [-0.2, -0.15) is 0 Å². The molecule has 1 aliphatic rings. The number of methoxy groups -OCH3 is 1. The number of hydrogen-bond donors (Lipinski definition) is 0. The van der Waals surface area contributed by atoms with E-state index in [1.54, 1.807) is 48.1 Å². The molecule has 130 valence electrons. The van der Waals surface area contributed by atoms with Gasteiger partial charge in [0, 0.05) is 24.3 Å². The summed E-state index contributed by atoms with van der Waals surface area (Å²) in [4.78, 5) is 28.9. The van der Waals surface area contributed by atoms with E-state index in [0.29, 0.717) is 24.4 Å². The van der Waals surface area contributed by atoms with Crippen LogP contribution in [0.15, 0.2) is 48.5 Å². The molecule has 1 atom stereocenters. The fraction of sp³-hybridized carbons (Fsp3) is 0.300. The van der Waals surface area contributed by atoms with Gasteiger partial charge in [0.15, 0.2) is 0 Å². The number of aryl methyl sites for hydroxylation is 1. The topological polar surface area (TPSA) is 49.9 Å². The number of carbonyl (C=O) groups excluding carboxylic acids is 2. The van der Waals surface area contributed by atoms with Gasteiger partial charge in [0.2, 0.25) is 5.91 Å². The maximum Gasteiger partial charge on any atom is 0.254 e. The Morgan fingerprint density at radius 3 is 2.28 bits per heavy atom. The smallest absolute Gasteiger partial charge is 0.254 e. The SMILES string of the molecule is COc1ccc(C(=O)N2CCN(c3ccc(C)cc3)C(=O)C2C)cc1. The van der Waals surface area contributed by atoms with Crippen LogP contribution in [-0.2, 0) is 4.79 Å². The van der Waals surface area contributed by atoms with Crippen LogP contribution in [0.2, 0.25) is 0 Å². The molecular formula is C20H22N2O3. The molecule has 5 heteroatoms. The van der Waals surface area contributed by atoms with E-state index >= 15 is 0 Å². The second-order valence-electron chi connectivity index (χ2n) is 6.23. The molecule has 0 bridgehead atoms. The number of nitrogens with zero attached hydrogens (tertiary/aromatic N) is 2. The average Bonchev–Trinajstić information content (AvgIpc) is 2.64. The van der Waals surface area contributed by atoms with Crippen molar-refractivity contribution in [2.45, 2.75) is 19.9 Å². The van der Waals surface area contributed by atoms with E-state index in [4.69, 9.17) is 4.74 Å². The summed E-state index contributed by atoms with van der Waals surface area (Å²) in [5, 5.41) is 0. The largest absolute Gasteiger partial charge is 0.497 e. The first-order valence-electron chi connectivity index (χ1n) is 8.34. The van der Waals surface area contributed by atoms with Gasteiger partial charge in [0.25, 0.3) is 5.91 Å². The normalized spacial score (nSPS) is 17.6. The molecule has 0 spiro atoms. The quantitative estimate of drug-likeness (QED) is 0.865. The molecule has 25 heavy (non-hydrogen) atoms. The molecule has 0 aliphatic carbocycles. The van der Waals surface area contributed by atoms with Crippen molar-refractivity contribution >= 4 is 17.5 Å². The standard InChI is InChI=1S/C20H22N2O3/c1-14-4-8-17(9-5-14)22-13-12-21(15(2)19(22)23)20(24)16-6-10-18(25-3)11-7-16/h4-11,15H,12-13H2,1-3H3. The van der Waals surface area contributed by atoms with Crippen LogP contribution < -0.4 is 9.64 Å². The minimum Gasteiger partial charge on any atom is -0.497 e. The third-order valence-electron chi connectivity index (χ3n) is 4.60. The van der Waals surface area contributed by atoms with Crippen molar-refractivity contribution in [3.63, 3.8) is 0 Å². The molecule has 0 N–H and O–H groups in total. The van der Waals surface area contributed by atoms with E-state index in [0.717, 1.165) is 11.3 Å². The second kappa shape index (κ2) is 6.97. The Morgan fingerprint density at radius 1 is 1.04 bits per heavy atom. The molecule has 1 heterocycles. The van der Waals surface area contributed by atoms with Crippen LogP contribution in [0.5, 0.6) is 5.75 Å². The van der Waals surface area contributed by atoms with Gasteiger partial charge in [-0.15, -0.1) is 0 Å². The Balaban J connectivity index is 1.76. The van der Waals surface area contributed by atoms with Gasteiger partial charge >= 0.3 is 0 Å². The number of piperazine rings is 1. The summed E-state index contributed by atoms with van der Waals surface area (Å²) < 4.78 is 5.12. The second-order valence-corrected chi connectivity index (χ2v) is 6.23. The average molecular weight is 338 g/mol. The zero-order valence-electron chi connectivity index (χ0n) is 14.7. The summed E-state index contributed by atoms with van der Waals surface area (Å²) in [6.07, 6.45) is 0. The predicted molar refractivity (Wildman–Crippen MR) is 97.0 cm³/mol. The summed E-state index contributed by atoms with van der Waals surface area (Å²) in [7, 11) is 1.59. The number of benzene rings is 2. The highest BCUT2D eigenvalue weighted by atomic mass is 16.5. The molecular weight excluding hydrogens is 316 g/mol. The summed E-state index contributed by atoms with van der Waals surface area (Å²) >= 11 is 0. The van der Waals surface area contributed by atoms with Crippen LogP contribution in [0.4, 0.5) is 5.69 Å². The Labute approximate surface area is 147 Å². The van der Waals surface area contributed by atoms with Gasteiger partial charge in [-0.3, -0.25) is 9.59 Å². The number of anilines is 1. The lowest BCUT2D eigenvalue weighted by Gasteiger charge is -2.39. The van der Waals surface area contributed by atoms with Crippen molar-refractivity contribution in [3.8, 4) is 5.75 Å². The predicted octanol–water partition coefficient (Wildman–Crippen LogP) is 2.88. The zero-order chi connectivity index (χ0) is 18.0. The lowest BCUT2D eigenvalue weighted by Crippen LogP contribution is -2.57. The van der Waals surface area contributed by atoms with E-state index < -0.39 is 6.04 Å². The molecule has 2 aromatic rings. The van der Waals surface area contributed by atoms with Crippen LogP contribution >= 0.6 is 0 Å². The van der Waals surface area contributed by atoms with E-state index in [9.17, 15) is 9.59 Å². The van der Waals surface area contributed by atoms with Crippen LogP contribution in [0.3, 0.4) is 0 Å². The highest BCUT2D eigenvalue weighted by molar-refractivity contribution is 6.03. The maximum atomic E-state index is 12.8. The van der Waals surface area contributed by atoms with Crippen molar-refractivity contribution in [1.82, 2.24) is 4.90 Å². The molecule has 0 saturated carbocycles. The third-order valence-corrected chi connectivity index (χ3v) is 4.60. The van der Waals surface area contributed by atoms with Gasteiger partial charge in [-0.05, 0) is 50.2 Å². The maximum absolute atomic E-state index is 12.8. The van der Waals surface area contributed by atoms with Crippen molar-refractivity contribution < 1.29 is 14.3 Å². The van der Waals surface area contributed by atoms with Gasteiger partial charge in [-0.1, -0.05) is 17.7 Å². The fourth-order valence-electron chi connectivity index (χ4n) is 3.03. The molecule has 2 amide bonds. The van der Waals surface area contributed by atoms with Gasteiger partial charge < -0.3 is 14.5 Å². The first kappa shape index (κ1) is 17.0. The summed E-state index contributed by atoms with van der Waals surface area (Å²) in [5.74, 6) is 0.508. The first-order valence-corrected chi connectivity index (χ1v) is 8.34. The van der Waals surface area contributed by atoms with Crippen LogP contribution in [0.1, 0.15) is 22.8 Å². The molecule has 3 rings (SSSR count). The number of carbonyl (C=O) groups is 2. The summed E-state index contributed by atoms with van der Waals surface area (Å²) in [6, 6.07) is 14.3. The van der Waals surface area contributed by atoms with Crippen molar-refractivity contribution in [2.75, 3.05) is 25.1 Å². The van der Waals surface area contributed by atoms with Gasteiger partial charge in [0.1, 0.15) is 11.8 Å². The fourth-order valence-corrected chi connectivity index (χ4v) is 3.03. The van der Waals surface area contributed by atoms with Crippen molar-refractivity contribution in [3.05, 3.63) is 59.7 Å². The lowest BCUT2D eigenvalue weighted by atomic mass is 10.1. The first-order chi connectivity index (χ1) is 12.0. The minimum absolute atomic E-state index is 0.0584. The van der Waals surface area contributed by atoms with Crippen molar-refractivity contribution in [1.29, 1.82) is 0 Å². The lowest BCUT2D eigenvalue weighted by molar-refractivity contribution is -0.124. The van der Waals surface area contributed by atoms with E-state index in [1.165, 1.54) is 0 Å². The highest BCUT2D eigenvalue weighted by Gasteiger charge is 2.35. The Bertz CT molecular complexity index is 769. The van der Waals surface area contributed by atoms with E-state index in [2.05, 4.69) is 0 Å². The molecule has 0 radical (unpaired) electrons. The minimum atomic E-state index is -0.496. The zero-order valence-corrected chi connectivity index (χ0v) is 14.7. The van der Waals surface area contributed by atoms with Gasteiger partial charge in [-0.25, -0.2) is 0 Å². The molecule has 1 aliphatic heterocycles. The van der Waals surface area contributed by atoms with Gasteiger partial charge in [0.05, 0.1) is 7.11 Å². The molecule has 1 fully saturated rings. The van der Waals surface area contributed by atoms with Crippen LogP contribution in [0, 0.1) is 6.92 Å². The Hall–Kier alpha value is -2.82. The number of rotatable bonds is 3. The highest BCUT2D eigenvalue weighted by Crippen LogP contribution is 2.22. The number of ether oxygens (including phenoxy) is 1. The molecule has 5 nitrogen and oxygen atoms in total. The summed E-state index contributed by atoms with van der Waals surface area (Å²) in [6.45, 7) is 4.80. The molecule has 0 aromatic heterocycles. The molecule has 2 aromatic carbocycles. The Kier molecular flexibility index (Phi) is 4.74. The van der Waals surface area contributed by atoms with Crippen molar-refractivity contribution in [2.24, 2.45) is 0 Å². The Morgan fingerprint density at radius 2 is 1.68 bits per heavy atom. The number of amides is 2. The molecule has 1 saturated heterocycles. The molecule has 1 unspecified atom stereocenters. The van der Waals surface area contributed by atoms with E-state index in [1.807, 2.05) is 31.2 Å². The monoisotopic (exact) mass is 338 g/mol.